The summed E-state index contributed by atoms with van der Waals surface area (Å²) in [4.78, 5) is 10.7. The molecule has 0 unspecified atom stereocenters. The number of nitrogens with one attached hydrogen (secondary N) is 1. The summed E-state index contributed by atoms with van der Waals surface area (Å²) in [7, 11) is 0. The van der Waals surface area contributed by atoms with Crippen molar-refractivity contribution >= 4 is 11.8 Å². The van der Waals surface area contributed by atoms with Gasteiger partial charge in [-0.05, 0) is 36.2 Å². The van der Waals surface area contributed by atoms with Crippen molar-refractivity contribution in [2.24, 2.45) is 0 Å². The van der Waals surface area contributed by atoms with Crippen LogP contribution in [0.15, 0.2) is 36.5 Å². The third-order valence-corrected chi connectivity index (χ3v) is 3.84. The minimum absolute atomic E-state index is 0.0294. The number of nitrogens with zero attached hydrogens (tertiary/aromatic N) is 3. The number of nitrogens with two attached hydrogens (primary N) is 1. The van der Waals surface area contributed by atoms with Crippen LogP contribution in [0.4, 0.5) is 19.3 Å². The van der Waals surface area contributed by atoms with Crippen LogP contribution in [0.3, 0.4) is 0 Å². The molecule has 0 atom stereocenters. The third kappa shape index (κ3) is 3.46. The molecule has 3 rings (SSSR count). The van der Waals surface area contributed by atoms with Crippen molar-refractivity contribution in [3.8, 4) is 16.9 Å². The molecule has 0 bridgehead atoms. The van der Waals surface area contributed by atoms with E-state index in [0.717, 1.165) is 27.9 Å². The van der Waals surface area contributed by atoms with Crippen LogP contribution in [0.1, 0.15) is 11.1 Å². The first-order valence-corrected chi connectivity index (χ1v) is 7.59. The predicted molar refractivity (Wildman–Crippen MR) is 90.7 cm³/mol. The number of aromatic nitrogens is 3. The van der Waals surface area contributed by atoms with Crippen LogP contribution >= 0.6 is 0 Å². The summed E-state index contributed by atoms with van der Waals surface area (Å²) in [5, 5.41) is 18.8. The van der Waals surface area contributed by atoms with E-state index in [1.165, 1.54) is 6.20 Å². The fourth-order valence-corrected chi connectivity index (χ4v) is 2.50. The zero-order valence-electron chi connectivity index (χ0n) is 13.7. The molecule has 0 spiro atoms. The van der Waals surface area contributed by atoms with E-state index >= 15 is 0 Å². The Kier molecular flexibility index (Phi) is 4.53. The van der Waals surface area contributed by atoms with E-state index in [-0.39, 0.29) is 17.9 Å². The summed E-state index contributed by atoms with van der Waals surface area (Å²) >= 11 is 0. The maximum atomic E-state index is 14.0. The lowest BCUT2D eigenvalue weighted by molar-refractivity contribution is 0.194. The second-order valence-electron chi connectivity index (χ2n) is 5.68. The second-order valence-corrected chi connectivity index (χ2v) is 5.68. The van der Waals surface area contributed by atoms with Gasteiger partial charge in [0.2, 0.25) is 0 Å². The van der Waals surface area contributed by atoms with Gasteiger partial charge >= 0.3 is 6.09 Å². The summed E-state index contributed by atoms with van der Waals surface area (Å²) in [5.41, 5.74) is 7.68. The smallest absolute Gasteiger partial charge is 0.404 e. The monoisotopic (exact) mass is 359 g/mol. The van der Waals surface area contributed by atoms with Gasteiger partial charge in [0.05, 0.1) is 6.20 Å². The van der Waals surface area contributed by atoms with Crippen LogP contribution < -0.4 is 11.1 Å². The zero-order chi connectivity index (χ0) is 18.8. The van der Waals surface area contributed by atoms with Crippen molar-refractivity contribution in [2.75, 3.05) is 5.73 Å². The fraction of sp³-hybridized carbons (Fsp3) is 0.118. The Hall–Kier alpha value is -3.49. The molecule has 0 aliphatic heterocycles. The summed E-state index contributed by atoms with van der Waals surface area (Å²) < 4.78 is 29.1. The number of amides is 1. The molecule has 0 aliphatic rings. The first-order valence-electron chi connectivity index (χ1n) is 7.59. The summed E-state index contributed by atoms with van der Waals surface area (Å²) in [6.07, 6.45) is 0.256. The SMILES string of the molecule is Cc1ccc(-c2cn(-c3c(F)cc(N)cc3F)nn2)cc1CNC(=O)O. The van der Waals surface area contributed by atoms with Gasteiger partial charge in [0, 0.05) is 17.8 Å². The Bertz CT molecular complexity index is 964. The van der Waals surface area contributed by atoms with E-state index < -0.39 is 17.7 Å². The van der Waals surface area contributed by atoms with E-state index in [1.807, 2.05) is 6.92 Å². The maximum absolute atomic E-state index is 14.0. The number of nitrogen functional groups attached to an aromatic ring is 1. The van der Waals surface area contributed by atoms with Gasteiger partial charge in [-0.2, -0.15) is 0 Å². The largest absolute Gasteiger partial charge is 0.465 e. The Morgan fingerprint density at radius 3 is 2.62 bits per heavy atom. The molecular weight excluding hydrogens is 344 g/mol. The number of aryl methyl sites for hydroxylation is 1. The lowest BCUT2D eigenvalue weighted by Gasteiger charge is -2.07. The normalized spacial score (nSPS) is 10.7. The molecular formula is C17H15F2N5O2. The summed E-state index contributed by atoms with van der Waals surface area (Å²) in [6.45, 7) is 1.98. The molecule has 134 valence electrons. The average Bonchev–Trinajstić information content (AvgIpc) is 3.02. The standard InChI is InChI=1S/C17H15F2N5O2/c1-9-2-3-10(4-11(9)7-21-17(25)26)15-8-24(23-22-15)16-13(18)5-12(20)6-14(16)19/h2-6,8,21H,7,20H2,1H3,(H,25,26). The molecule has 1 heterocycles. The number of benzene rings is 2. The van der Waals surface area contributed by atoms with Crippen molar-refractivity contribution in [3.63, 3.8) is 0 Å². The molecule has 26 heavy (non-hydrogen) atoms. The minimum atomic E-state index is -1.13. The van der Waals surface area contributed by atoms with Crippen molar-refractivity contribution < 1.29 is 18.7 Å². The van der Waals surface area contributed by atoms with Crippen LogP contribution in [0.25, 0.3) is 16.9 Å². The van der Waals surface area contributed by atoms with Gasteiger partial charge in [0.25, 0.3) is 0 Å². The van der Waals surface area contributed by atoms with Crippen LogP contribution in [0.2, 0.25) is 0 Å². The van der Waals surface area contributed by atoms with E-state index in [1.54, 1.807) is 18.2 Å². The van der Waals surface area contributed by atoms with Crippen LogP contribution in [0, 0.1) is 18.6 Å². The average molecular weight is 359 g/mol. The van der Waals surface area contributed by atoms with Crippen LogP contribution in [-0.2, 0) is 6.54 Å². The lowest BCUT2D eigenvalue weighted by Crippen LogP contribution is -2.20. The molecule has 1 aromatic heterocycles. The zero-order valence-corrected chi connectivity index (χ0v) is 13.7. The van der Waals surface area contributed by atoms with Crippen molar-refractivity contribution in [2.45, 2.75) is 13.5 Å². The Balaban J connectivity index is 1.96. The van der Waals surface area contributed by atoms with E-state index in [4.69, 9.17) is 10.8 Å². The minimum Gasteiger partial charge on any atom is -0.465 e. The van der Waals surface area contributed by atoms with Crippen LogP contribution in [-0.4, -0.2) is 26.2 Å². The summed E-state index contributed by atoms with van der Waals surface area (Å²) in [6, 6.07) is 7.32. The Morgan fingerprint density at radius 2 is 1.96 bits per heavy atom. The molecule has 1 amide bonds. The van der Waals surface area contributed by atoms with Gasteiger partial charge in [0.15, 0.2) is 11.6 Å². The molecule has 0 aliphatic carbocycles. The van der Waals surface area contributed by atoms with Gasteiger partial charge in [-0.1, -0.05) is 17.3 Å². The number of hydrogen-bond acceptors (Lipinski definition) is 4. The molecule has 0 fully saturated rings. The molecule has 0 saturated heterocycles. The first kappa shape index (κ1) is 17.3. The second kappa shape index (κ2) is 6.79. The fourth-order valence-electron chi connectivity index (χ4n) is 2.50. The molecule has 9 heteroatoms. The Labute approximate surface area is 147 Å². The van der Waals surface area contributed by atoms with E-state index in [0.29, 0.717) is 11.3 Å². The van der Waals surface area contributed by atoms with E-state index in [9.17, 15) is 13.6 Å². The number of rotatable bonds is 4. The molecule has 7 nitrogen and oxygen atoms in total. The third-order valence-electron chi connectivity index (χ3n) is 3.84. The van der Waals surface area contributed by atoms with Crippen LogP contribution in [0.5, 0.6) is 0 Å². The number of hydrogen-bond donors (Lipinski definition) is 3. The highest BCUT2D eigenvalue weighted by atomic mass is 19.1. The topological polar surface area (TPSA) is 106 Å². The Morgan fingerprint density at radius 1 is 1.27 bits per heavy atom. The van der Waals surface area contributed by atoms with Gasteiger partial charge in [-0.25, -0.2) is 18.3 Å². The maximum Gasteiger partial charge on any atom is 0.404 e. The van der Waals surface area contributed by atoms with Gasteiger partial charge in [0.1, 0.15) is 11.4 Å². The van der Waals surface area contributed by atoms with Gasteiger partial charge in [-0.15, -0.1) is 5.10 Å². The first-order chi connectivity index (χ1) is 12.3. The van der Waals surface area contributed by atoms with Crippen molar-refractivity contribution in [3.05, 3.63) is 59.3 Å². The quantitative estimate of drug-likeness (QED) is 0.621. The molecule has 2 aromatic carbocycles. The molecule has 4 N–H and O–H groups in total. The number of halogens is 2. The van der Waals surface area contributed by atoms with Gasteiger partial charge in [-0.3, -0.25) is 0 Å². The number of carboxylic acid groups (broad SMARTS) is 1. The number of carbonyl (C=O) groups is 1. The molecule has 0 radical (unpaired) electrons. The number of anilines is 1. The predicted octanol–water partition coefficient (Wildman–Crippen LogP) is 2.87. The lowest BCUT2D eigenvalue weighted by atomic mass is 10.0. The summed E-state index contributed by atoms with van der Waals surface area (Å²) in [5.74, 6) is -1.71. The highest BCUT2D eigenvalue weighted by Crippen LogP contribution is 2.24. The molecule has 0 saturated carbocycles. The van der Waals surface area contributed by atoms with Gasteiger partial charge < -0.3 is 16.2 Å². The van der Waals surface area contributed by atoms with E-state index in [2.05, 4.69) is 15.6 Å². The van der Waals surface area contributed by atoms with Crippen molar-refractivity contribution in [1.82, 2.24) is 20.3 Å². The highest BCUT2D eigenvalue weighted by Gasteiger charge is 2.15. The van der Waals surface area contributed by atoms with Crippen molar-refractivity contribution in [1.29, 1.82) is 0 Å². The molecule has 3 aromatic rings. The highest BCUT2D eigenvalue weighted by molar-refractivity contribution is 5.65.